The van der Waals surface area contributed by atoms with Crippen LogP contribution < -0.4 is 10.6 Å². The molecule has 1 aromatic rings. The summed E-state index contributed by atoms with van der Waals surface area (Å²) >= 11 is 0. The van der Waals surface area contributed by atoms with Crippen LogP contribution in [-0.4, -0.2) is 82.9 Å². The Kier molecular flexibility index (Phi) is 8.01. The SMILES string of the molecule is O=C(O)[C@H](CCN(CCCCc1ccc2c(n1)NCCC2)C1CC1)NC(=O)N1CC[C@H](F)C1. The topological polar surface area (TPSA) is 97.8 Å². The number of likely N-dealkylation sites (tertiary alicyclic amines) is 1. The van der Waals surface area contributed by atoms with Crippen LogP contribution in [-0.2, 0) is 17.6 Å². The highest BCUT2D eigenvalue weighted by molar-refractivity contribution is 5.82. The summed E-state index contributed by atoms with van der Waals surface area (Å²) in [5, 5.41) is 15.5. The predicted octanol–water partition coefficient (Wildman–Crippen LogP) is 2.82. The van der Waals surface area contributed by atoms with Gasteiger partial charge >= 0.3 is 12.0 Å². The zero-order valence-electron chi connectivity index (χ0n) is 19.3. The number of hydrogen-bond donors (Lipinski definition) is 3. The molecule has 0 aromatic carbocycles. The number of hydrogen-bond acceptors (Lipinski definition) is 5. The van der Waals surface area contributed by atoms with Gasteiger partial charge in [0.05, 0.1) is 6.54 Å². The first-order chi connectivity index (χ1) is 16.0. The Balaban J connectivity index is 1.20. The van der Waals surface area contributed by atoms with Gasteiger partial charge in [0.2, 0.25) is 0 Å². The van der Waals surface area contributed by atoms with E-state index in [9.17, 15) is 19.1 Å². The van der Waals surface area contributed by atoms with Crippen LogP contribution >= 0.6 is 0 Å². The second-order valence-electron chi connectivity index (χ2n) is 9.53. The summed E-state index contributed by atoms with van der Waals surface area (Å²) in [5.74, 6) is -0.00160. The van der Waals surface area contributed by atoms with Crippen LogP contribution in [0, 0.1) is 0 Å². The van der Waals surface area contributed by atoms with Crippen LogP contribution in [0.2, 0.25) is 0 Å². The fourth-order valence-corrected chi connectivity index (χ4v) is 4.74. The Morgan fingerprint density at radius 1 is 1.27 bits per heavy atom. The number of nitrogens with zero attached hydrogens (tertiary/aromatic N) is 3. The summed E-state index contributed by atoms with van der Waals surface area (Å²) in [6.07, 6.45) is 7.20. The summed E-state index contributed by atoms with van der Waals surface area (Å²) in [7, 11) is 0. The molecular formula is C24H36FN5O3. The molecule has 33 heavy (non-hydrogen) atoms. The van der Waals surface area contributed by atoms with E-state index in [-0.39, 0.29) is 6.54 Å². The maximum absolute atomic E-state index is 13.4. The zero-order valence-corrected chi connectivity index (χ0v) is 19.3. The maximum Gasteiger partial charge on any atom is 0.326 e. The fraction of sp³-hybridized carbons (Fsp3) is 0.708. The highest BCUT2D eigenvalue weighted by Gasteiger charge is 2.32. The van der Waals surface area contributed by atoms with E-state index < -0.39 is 24.2 Å². The Morgan fingerprint density at radius 3 is 2.85 bits per heavy atom. The van der Waals surface area contributed by atoms with Gasteiger partial charge in [0, 0.05) is 31.4 Å². The van der Waals surface area contributed by atoms with Gasteiger partial charge in [-0.25, -0.2) is 19.0 Å². The minimum Gasteiger partial charge on any atom is -0.480 e. The molecule has 9 heteroatoms. The lowest BCUT2D eigenvalue weighted by atomic mass is 10.1. The lowest BCUT2D eigenvalue weighted by molar-refractivity contribution is -0.139. The van der Waals surface area contributed by atoms with E-state index >= 15 is 0 Å². The van der Waals surface area contributed by atoms with Crippen LogP contribution in [0.4, 0.5) is 15.0 Å². The van der Waals surface area contributed by atoms with Crippen LogP contribution in [0.3, 0.4) is 0 Å². The van der Waals surface area contributed by atoms with Crippen molar-refractivity contribution in [1.29, 1.82) is 0 Å². The first-order valence-electron chi connectivity index (χ1n) is 12.4. The van der Waals surface area contributed by atoms with Gasteiger partial charge in [-0.3, -0.25) is 0 Å². The first kappa shape index (κ1) is 23.7. The summed E-state index contributed by atoms with van der Waals surface area (Å²) in [6, 6.07) is 3.41. The Bertz CT molecular complexity index is 834. The van der Waals surface area contributed by atoms with Gasteiger partial charge in [-0.2, -0.15) is 0 Å². The Labute approximate surface area is 194 Å². The number of carbonyl (C=O) groups is 2. The van der Waals surface area contributed by atoms with Crippen LogP contribution in [0.15, 0.2) is 12.1 Å². The van der Waals surface area contributed by atoms with Crippen LogP contribution in [0.1, 0.15) is 56.2 Å². The number of carboxylic acid groups (broad SMARTS) is 1. The third kappa shape index (κ3) is 6.79. The number of anilines is 1. The molecule has 182 valence electrons. The van der Waals surface area contributed by atoms with E-state index in [0.29, 0.717) is 32.0 Å². The first-order valence-corrected chi connectivity index (χ1v) is 12.4. The number of urea groups is 1. The van der Waals surface area contributed by atoms with Gasteiger partial charge in [0.1, 0.15) is 18.0 Å². The third-order valence-corrected chi connectivity index (χ3v) is 6.86. The molecule has 1 aromatic heterocycles. The largest absolute Gasteiger partial charge is 0.480 e. The Morgan fingerprint density at radius 2 is 2.12 bits per heavy atom. The molecule has 3 aliphatic rings. The number of amides is 2. The van der Waals surface area contributed by atoms with E-state index in [1.54, 1.807) is 0 Å². The highest BCUT2D eigenvalue weighted by Crippen LogP contribution is 2.27. The van der Waals surface area contributed by atoms with E-state index in [1.807, 2.05) is 0 Å². The molecule has 2 fully saturated rings. The predicted molar refractivity (Wildman–Crippen MR) is 124 cm³/mol. The average Bonchev–Trinajstić information content (AvgIpc) is 3.56. The number of fused-ring (bicyclic) bond motifs is 1. The molecule has 8 nitrogen and oxygen atoms in total. The number of nitrogens with one attached hydrogen (secondary N) is 2. The van der Waals surface area contributed by atoms with E-state index in [2.05, 4.69) is 27.7 Å². The molecule has 3 heterocycles. The second kappa shape index (κ2) is 11.1. The number of rotatable bonds is 11. The molecule has 4 rings (SSSR count). The van der Waals surface area contributed by atoms with Gasteiger partial charge in [-0.15, -0.1) is 0 Å². The molecule has 2 amide bonds. The molecule has 3 N–H and O–H groups in total. The average molecular weight is 462 g/mol. The Hall–Kier alpha value is -2.42. The van der Waals surface area contributed by atoms with Crippen molar-refractivity contribution in [3.8, 4) is 0 Å². The maximum atomic E-state index is 13.4. The number of alkyl halides is 1. The molecule has 0 spiro atoms. The van der Waals surface area contributed by atoms with Crippen molar-refractivity contribution >= 4 is 17.8 Å². The molecule has 1 aliphatic carbocycles. The molecule has 2 atom stereocenters. The van der Waals surface area contributed by atoms with Crippen molar-refractivity contribution in [2.45, 2.75) is 76.0 Å². The van der Waals surface area contributed by atoms with Gasteiger partial charge in [-0.1, -0.05) is 6.07 Å². The van der Waals surface area contributed by atoms with Crippen molar-refractivity contribution in [1.82, 2.24) is 20.1 Å². The van der Waals surface area contributed by atoms with Crippen molar-refractivity contribution < 1.29 is 19.1 Å². The van der Waals surface area contributed by atoms with Crippen molar-refractivity contribution in [2.24, 2.45) is 0 Å². The normalized spacial score (nSPS) is 20.9. The van der Waals surface area contributed by atoms with E-state index in [0.717, 1.165) is 69.5 Å². The van der Waals surface area contributed by atoms with Gasteiger partial charge in [0.25, 0.3) is 0 Å². The number of aliphatic carboxylic acids is 1. The number of halogens is 1. The third-order valence-electron chi connectivity index (χ3n) is 6.86. The highest BCUT2D eigenvalue weighted by atomic mass is 19.1. The van der Waals surface area contributed by atoms with Gasteiger partial charge in [0.15, 0.2) is 0 Å². The molecule has 1 saturated heterocycles. The molecular weight excluding hydrogens is 425 g/mol. The number of carboxylic acids is 1. The summed E-state index contributed by atoms with van der Waals surface area (Å²) in [6.45, 7) is 2.93. The van der Waals surface area contributed by atoms with Gasteiger partial charge in [-0.05, 0) is 76.0 Å². The van der Waals surface area contributed by atoms with E-state index in [4.69, 9.17) is 4.98 Å². The zero-order chi connectivity index (χ0) is 23.2. The molecule has 0 radical (unpaired) electrons. The number of pyridine rings is 1. The minimum absolute atomic E-state index is 0.0432. The fourth-order valence-electron chi connectivity index (χ4n) is 4.74. The van der Waals surface area contributed by atoms with Crippen molar-refractivity contribution in [3.63, 3.8) is 0 Å². The molecule has 0 bridgehead atoms. The van der Waals surface area contributed by atoms with Crippen LogP contribution in [0.25, 0.3) is 0 Å². The standard InChI is InChI=1S/C24H36FN5O3/c25-18-10-14-30(16-18)24(33)28-21(23(31)32)11-15-29(20-8-9-20)13-2-1-5-19-7-6-17-4-3-12-26-22(17)27-19/h6-7,18,20-21H,1-5,8-16H2,(H,26,27)(H,28,33)(H,31,32)/t18-,21-/m0/s1. The smallest absolute Gasteiger partial charge is 0.326 e. The lowest BCUT2D eigenvalue weighted by Crippen LogP contribution is -2.48. The van der Waals surface area contributed by atoms with Crippen LogP contribution in [0.5, 0.6) is 0 Å². The number of aryl methyl sites for hydroxylation is 2. The van der Waals surface area contributed by atoms with E-state index in [1.165, 1.54) is 10.5 Å². The second-order valence-corrected chi connectivity index (χ2v) is 9.53. The number of aromatic nitrogens is 1. The summed E-state index contributed by atoms with van der Waals surface area (Å²) in [5.41, 5.74) is 2.42. The van der Waals surface area contributed by atoms with Gasteiger partial charge < -0.3 is 25.5 Å². The minimum atomic E-state index is -1.04. The molecule has 2 aliphatic heterocycles. The molecule has 1 saturated carbocycles. The summed E-state index contributed by atoms with van der Waals surface area (Å²) < 4.78 is 13.4. The molecule has 0 unspecified atom stereocenters. The number of unbranched alkanes of at least 4 members (excludes halogenated alkanes) is 1. The van der Waals surface area contributed by atoms with Crippen molar-refractivity contribution in [2.75, 3.05) is 38.0 Å². The quantitative estimate of drug-likeness (QED) is 0.439. The number of carbonyl (C=O) groups excluding carboxylic acids is 1. The lowest BCUT2D eigenvalue weighted by Gasteiger charge is -2.25. The van der Waals surface area contributed by atoms with Crippen molar-refractivity contribution in [3.05, 3.63) is 23.4 Å². The monoisotopic (exact) mass is 461 g/mol. The summed E-state index contributed by atoms with van der Waals surface area (Å²) in [4.78, 5) is 32.5.